The molecule has 0 aliphatic carbocycles. The lowest BCUT2D eigenvalue weighted by Gasteiger charge is -2.30. The van der Waals surface area contributed by atoms with Crippen molar-refractivity contribution in [3.8, 4) is 6.07 Å². The van der Waals surface area contributed by atoms with Gasteiger partial charge in [0, 0.05) is 6.42 Å². The van der Waals surface area contributed by atoms with Crippen LogP contribution in [0.5, 0.6) is 0 Å². The second kappa shape index (κ2) is 4.48. The van der Waals surface area contributed by atoms with Crippen LogP contribution in [-0.4, -0.2) is 11.4 Å². The van der Waals surface area contributed by atoms with Crippen molar-refractivity contribution in [1.82, 2.24) is 0 Å². The third-order valence-corrected chi connectivity index (χ3v) is 3.27. The summed E-state index contributed by atoms with van der Waals surface area (Å²) in [4.78, 5) is 0. The van der Waals surface area contributed by atoms with E-state index in [4.69, 9.17) is 10.00 Å². The average molecular weight is 231 g/mol. The summed E-state index contributed by atoms with van der Waals surface area (Å²) in [5.74, 6) is 0.275. The highest BCUT2D eigenvalue weighted by atomic mass is 16.6. The van der Waals surface area contributed by atoms with Gasteiger partial charge in [0.05, 0.1) is 17.7 Å². The van der Waals surface area contributed by atoms with E-state index in [2.05, 4.69) is 19.9 Å². The fourth-order valence-electron chi connectivity index (χ4n) is 2.58. The zero-order valence-electron chi connectivity index (χ0n) is 10.4. The fourth-order valence-corrected chi connectivity index (χ4v) is 2.58. The summed E-state index contributed by atoms with van der Waals surface area (Å²) < 4.78 is 5.39. The molecule has 2 unspecified atom stereocenters. The molecule has 0 amide bonds. The number of benzene rings is 1. The molecule has 0 fully saturated rings. The highest BCUT2D eigenvalue weighted by molar-refractivity contribution is 5.50. The third-order valence-electron chi connectivity index (χ3n) is 3.27. The monoisotopic (exact) mass is 231 g/mol. The van der Waals surface area contributed by atoms with Crippen molar-refractivity contribution in [1.29, 1.82) is 5.26 Å². The molecule has 17 heavy (non-hydrogen) atoms. The van der Waals surface area contributed by atoms with Crippen LogP contribution in [0.15, 0.2) is 12.1 Å². The van der Waals surface area contributed by atoms with E-state index in [1.807, 2.05) is 19.1 Å². The summed E-state index contributed by atoms with van der Waals surface area (Å²) in [6, 6.07) is 6.03. The van der Waals surface area contributed by atoms with Crippen molar-refractivity contribution in [3.63, 3.8) is 0 Å². The van der Waals surface area contributed by atoms with E-state index in [-0.39, 0.29) is 12.0 Å². The molecule has 90 valence electrons. The number of aliphatic hydroxyl groups is 1. The van der Waals surface area contributed by atoms with Crippen molar-refractivity contribution in [2.75, 3.05) is 0 Å². The van der Waals surface area contributed by atoms with Gasteiger partial charge in [-0.2, -0.15) is 5.26 Å². The van der Waals surface area contributed by atoms with Crippen LogP contribution in [0.1, 0.15) is 55.0 Å². The number of ether oxygens (including phenoxy) is 1. The third kappa shape index (κ3) is 2.06. The number of hydrogen-bond donors (Lipinski definition) is 1. The zero-order chi connectivity index (χ0) is 12.6. The quantitative estimate of drug-likeness (QED) is 0.808. The maximum Gasteiger partial charge on any atom is 0.159 e. The van der Waals surface area contributed by atoms with Gasteiger partial charge in [0.1, 0.15) is 0 Å². The first-order valence-electron chi connectivity index (χ1n) is 5.94. The Morgan fingerprint density at radius 3 is 2.76 bits per heavy atom. The molecule has 0 spiro atoms. The molecule has 1 aliphatic heterocycles. The highest BCUT2D eigenvalue weighted by Crippen LogP contribution is 2.35. The lowest BCUT2D eigenvalue weighted by molar-refractivity contribution is -0.140. The second-order valence-electron chi connectivity index (χ2n) is 4.80. The highest BCUT2D eigenvalue weighted by Gasteiger charge is 2.27. The number of aliphatic hydroxyl groups excluding tert-OH is 1. The Morgan fingerprint density at radius 2 is 2.18 bits per heavy atom. The normalized spacial score (nSPS) is 23.3. The van der Waals surface area contributed by atoms with Crippen LogP contribution < -0.4 is 0 Å². The van der Waals surface area contributed by atoms with Crippen molar-refractivity contribution < 1.29 is 9.84 Å². The van der Waals surface area contributed by atoms with Crippen molar-refractivity contribution in [3.05, 3.63) is 34.4 Å². The Kier molecular flexibility index (Phi) is 3.19. The zero-order valence-corrected chi connectivity index (χ0v) is 10.4. The Bertz CT molecular complexity index is 474. The van der Waals surface area contributed by atoms with Crippen LogP contribution >= 0.6 is 0 Å². The molecule has 1 aromatic carbocycles. The smallest absolute Gasteiger partial charge is 0.159 e. The van der Waals surface area contributed by atoms with Gasteiger partial charge in [-0.05, 0) is 35.6 Å². The van der Waals surface area contributed by atoms with Gasteiger partial charge >= 0.3 is 0 Å². The molecular weight excluding hydrogens is 214 g/mol. The minimum absolute atomic E-state index is 0.112. The summed E-state index contributed by atoms with van der Waals surface area (Å²) in [6.07, 6.45) is -0.397. The SMILES string of the molecule is CC(C)c1c(C#N)ccc2c1CC(O)OC2C. The molecule has 2 rings (SSSR count). The first-order valence-corrected chi connectivity index (χ1v) is 5.94. The van der Waals surface area contributed by atoms with Gasteiger partial charge in [-0.15, -0.1) is 0 Å². The molecule has 0 bridgehead atoms. The summed E-state index contributed by atoms with van der Waals surface area (Å²) >= 11 is 0. The van der Waals surface area contributed by atoms with Gasteiger partial charge < -0.3 is 9.84 Å². The molecule has 2 atom stereocenters. The number of nitriles is 1. The van der Waals surface area contributed by atoms with Gasteiger partial charge in [-0.1, -0.05) is 19.9 Å². The van der Waals surface area contributed by atoms with Gasteiger partial charge in [0.25, 0.3) is 0 Å². The van der Waals surface area contributed by atoms with E-state index in [1.54, 1.807) is 0 Å². The molecule has 1 N–H and O–H groups in total. The molecule has 1 aromatic rings. The lowest BCUT2D eigenvalue weighted by Crippen LogP contribution is -2.26. The minimum Gasteiger partial charge on any atom is -0.368 e. The maximum atomic E-state index is 9.69. The topological polar surface area (TPSA) is 53.2 Å². The maximum absolute atomic E-state index is 9.69. The number of hydrogen-bond acceptors (Lipinski definition) is 3. The van der Waals surface area contributed by atoms with E-state index in [0.717, 1.165) is 16.7 Å². The van der Waals surface area contributed by atoms with Gasteiger partial charge in [-0.3, -0.25) is 0 Å². The Balaban J connectivity index is 2.64. The number of fused-ring (bicyclic) bond motifs is 1. The average Bonchev–Trinajstić information content (AvgIpc) is 2.26. The minimum atomic E-state index is -0.760. The predicted molar refractivity (Wildman–Crippen MR) is 64.5 cm³/mol. The van der Waals surface area contributed by atoms with Crippen LogP contribution in [0.25, 0.3) is 0 Å². The van der Waals surface area contributed by atoms with Crippen LogP contribution in [-0.2, 0) is 11.2 Å². The first kappa shape index (κ1) is 12.1. The van der Waals surface area contributed by atoms with Crippen molar-refractivity contribution in [2.24, 2.45) is 0 Å². The van der Waals surface area contributed by atoms with Crippen LogP contribution in [0.2, 0.25) is 0 Å². The number of rotatable bonds is 1. The molecule has 3 nitrogen and oxygen atoms in total. The van der Waals surface area contributed by atoms with Crippen molar-refractivity contribution in [2.45, 2.75) is 45.5 Å². The van der Waals surface area contributed by atoms with E-state index in [0.29, 0.717) is 12.0 Å². The van der Waals surface area contributed by atoms with E-state index < -0.39 is 6.29 Å². The molecule has 0 saturated carbocycles. The summed E-state index contributed by atoms with van der Waals surface area (Å²) in [6.45, 7) is 6.07. The van der Waals surface area contributed by atoms with Gasteiger partial charge in [0.15, 0.2) is 6.29 Å². The van der Waals surface area contributed by atoms with Gasteiger partial charge in [0.2, 0.25) is 0 Å². The van der Waals surface area contributed by atoms with Crippen molar-refractivity contribution >= 4 is 0 Å². The van der Waals surface area contributed by atoms with E-state index in [1.165, 1.54) is 0 Å². The first-order chi connectivity index (χ1) is 8.04. The van der Waals surface area contributed by atoms with Crippen LogP contribution in [0.3, 0.4) is 0 Å². The Morgan fingerprint density at radius 1 is 1.47 bits per heavy atom. The fraction of sp³-hybridized carbons (Fsp3) is 0.500. The standard InChI is InChI=1S/C14H17NO2/c1-8(2)14-10(7-15)4-5-11-9(3)17-13(16)6-12(11)14/h4-5,8-9,13,16H,6H2,1-3H3. The molecule has 0 radical (unpaired) electrons. The number of nitrogens with zero attached hydrogens (tertiary/aromatic N) is 1. The largest absolute Gasteiger partial charge is 0.368 e. The molecular formula is C14H17NO2. The molecule has 1 heterocycles. The van der Waals surface area contributed by atoms with Gasteiger partial charge in [-0.25, -0.2) is 0 Å². The summed E-state index contributed by atoms with van der Waals surface area (Å²) in [5, 5.41) is 18.8. The molecule has 0 aromatic heterocycles. The molecule has 1 aliphatic rings. The van der Waals surface area contributed by atoms with E-state index in [9.17, 15) is 5.11 Å². The molecule has 3 heteroatoms. The van der Waals surface area contributed by atoms with Crippen LogP contribution in [0, 0.1) is 11.3 Å². The second-order valence-corrected chi connectivity index (χ2v) is 4.80. The van der Waals surface area contributed by atoms with E-state index >= 15 is 0 Å². The summed E-state index contributed by atoms with van der Waals surface area (Å²) in [7, 11) is 0. The Labute approximate surface area is 102 Å². The predicted octanol–water partition coefficient (Wildman–Crippen LogP) is 2.63. The molecule has 0 saturated heterocycles. The van der Waals surface area contributed by atoms with Crippen LogP contribution in [0.4, 0.5) is 0 Å². The summed E-state index contributed by atoms with van der Waals surface area (Å²) in [5.41, 5.74) is 3.95. The Hall–Kier alpha value is -1.37. The lowest BCUT2D eigenvalue weighted by atomic mass is 9.85.